The van der Waals surface area contributed by atoms with Crippen molar-refractivity contribution in [2.45, 2.75) is 33.2 Å². The minimum atomic E-state index is 0.175. The zero-order valence-electron chi connectivity index (χ0n) is 11.3. The van der Waals surface area contributed by atoms with Gasteiger partial charge in [0.05, 0.1) is 6.61 Å². The van der Waals surface area contributed by atoms with E-state index in [4.69, 9.17) is 4.74 Å². The molecule has 0 radical (unpaired) electrons. The predicted octanol–water partition coefficient (Wildman–Crippen LogP) is 2.89. The number of ether oxygens (including phenoxy) is 1. The summed E-state index contributed by atoms with van der Waals surface area (Å²) in [5.41, 5.74) is 1.28. The van der Waals surface area contributed by atoms with E-state index < -0.39 is 0 Å². The second-order valence-corrected chi connectivity index (χ2v) is 5.06. The van der Waals surface area contributed by atoms with E-state index in [0.717, 1.165) is 24.5 Å². The van der Waals surface area contributed by atoms with Gasteiger partial charge in [-0.15, -0.1) is 0 Å². The van der Waals surface area contributed by atoms with Crippen molar-refractivity contribution in [3.63, 3.8) is 0 Å². The highest BCUT2D eigenvalue weighted by molar-refractivity contribution is 5.48. The number of nitrogens with one attached hydrogen (secondary N) is 2. The lowest BCUT2D eigenvalue weighted by Crippen LogP contribution is -2.38. The quantitative estimate of drug-likeness (QED) is 0.745. The molecule has 0 saturated carbocycles. The van der Waals surface area contributed by atoms with E-state index in [1.165, 1.54) is 0 Å². The first-order valence-corrected chi connectivity index (χ1v) is 6.23. The van der Waals surface area contributed by atoms with Crippen molar-refractivity contribution < 1.29 is 4.74 Å². The monoisotopic (exact) mass is 236 g/mol. The molecule has 0 unspecified atom stereocenters. The van der Waals surface area contributed by atoms with Gasteiger partial charge in [-0.25, -0.2) is 0 Å². The summed E-state index contributed by atoms with van der Waals surface area (Å²) in [5.74, 6) is 0.918. The number of anilines is 1. The molecule has 1 aromatic carbocycles. The SMILES string of the molecule is CCOc1cccc(NCCNC(C)(C)C)c1. The fourth-order valence-corrected chi connectivity index (χ4v) is 1.51. The third-order valence-corrected chi connectivity index (χ3v) is 2.25. The van der Waals surface area contributed by atoms with E-state index in [1.54, 1.807) is 0 Å². The molecule has 1 aromatic rings. The third-order valence-electron chi connectivity index (χ3n) is 2.25. The van der Waals surface area contributed by atoms with Crippen molar-refractivity contribution in [2.24, 2.45) is 0 Å². The number of rotatable bonds is 6. The molecule has 1 rings (SSSR count). The summed E-state index contributed by atoms with van der Waals surface area (Å²) in [5, 5.41) is 6.81. The minimum Gasteiger partial charge on any atom is -0.494 e. The summed E-state index contributed by atoms with van der Waals surface area (Å²) >= 11 is 0. The summed E-state index contributed by atoms with van der Waals surface area (Å²) in [6.07, 6.45) is 0. The normalized spacial score (nSPS) is 11.3. The lowest BCUT2D eigenvalue weighted by molar-refractivity contribution is 0.340. The Morgan fingerprint density at radius 3 is 2.59 bits per heavy atom. The maximum Gasteiger partial charge on any atom is 0.121 e. The highest BCUT2D eigenvalue weighted by Crippen LogP contribution is 2.16. The number of benzene rings is 1. The van der Waals surface area contributed by atoms with Crippen molar-refractivity contribution in [1.29, 1.82) is 0 Å². The Labute approximate surface area is 105 Å². The van der Waals surface area contributed by atoms with Crippen molar-refractivity contribution in [2.75, 3.05) is 25.0 Å². The van der Waals surface area contributed by atoms with Crippen molar-refractivity contribution in [1.82, 2.24) is 5.32 Å². The zero-order chi connectivity index (χ0) is 12.7. The average Bonchev–Trinajstić information content (AvgIpc) is 2.24. The topological polar surface area (TPSA) is 33.3 Å². The number of hydrogen-bond acceptors (Lipinski definition) is 3. The van der Waals surface area contributed by atoms with E-state index in [-0.39, 0.29) is 5.54 Å². The summed E-state index contributed by atoms with van der Waals surface area (Å²) in [4.78, 5) is 0. The van der Waals surface area contributed by atoms with Gasteiger partial charge in [0.1, 0.15) is 5.75 Å². The Bertz CT molecular complexity index is 331. The molecule has 0 aliphatic carbocycles. The maximum absolute atomic E-state index is 5.45. The van der Waals surface area contributed by atoms with Gasteiger partial charge < -0.3 is 15.4 Å². The zero-order valence-corrected chi connectivity index (χ0v) is 11.3. The Morgan fingerprint density at radius 1 is 1.18 bits per heavy atom. The first kappa shape index (κ1) is 13.8. The van der Waals surface area contributed by atoms with Gasteiger partial charge >= 0.3 is 0 Å². The molecule has 0 aliphatic heterocycles. The average molecular weight is 236 g/mol. The van der Waals surface area contributed by atoms with E-state index in [1.807, 2.05) is 25.1 Å². The molecule has 0 saturated heterocycles. The molecule has 0 heterocycles. The summed E-state index contributed by atoms with van der Waals surface area (Å²) in [6.45, 7) is 11.1. The van der Waals surface area contributed by atoms with E-state index in [9.17, 15) is 0 Å². The molecule has 0 amide bonds. The van der Waals surface area contributed by atoms with Gasteiger partial charge in [-0.1, -0.05) is 6.07 Å². The molecule has 3 heteroatoms. The van der Waals surface area contributed by atoms with Crippen LogP contribution in [0.5, 0.6) is 5.75 Å². The van der Waals surface area contributed by atoms with Crippen LogP contribution in [0.25, 0.3) is 0 Å². The van der Waals surface area contributed by atoms with Crippen LogP contribution in [0.3, 0.4) is 0 Å². The predicted molar refractivity (Wildman–Crippen MR) is 73.9 cm³/mol. The number of hydrogen-bond donors (Lipinski definition) is 2. The molecule has 0 spiro atoms. The molecule has 0 fully saturated rings. The fourth-order valence-electron chi connectivity index (χ4n) is 1.51. The fraction of sp³-hybridized carbons (Fsp3) is 0.571. The van der Waals surface area contributed by atoms with Crippen LogP contribution in [0, 0.1) is 0 Å². The van der Waals surface area contributed by atoms with Crippen molar-refractivity contribution in [3.8, 4) is 5.75 Å². The first-order valence-electron chi connectivity index (χ1n) is 6.23. The van der Waals surface area contributed by atoms with Gasteiger partial charge in [-0.3, -0.25) is 0 Å². The van der Waals surface area contributed by atoms with Crippen LogP contribution in [0.4, 0.5) is 5.69 Å². The molecular weight excluding hydrogens is 212 g/mol. The molecule has 0 atom stereocenters. The van der Waals surface area contributed by atoms with Gasteiger partial charge in [-0.2, -0.15) is 0 Å². The van der Waals surface area contributed by atoms with Crippen LogP contribution in [-0.4, -0.2) is 25.2 Å². The van der Waals surface area contributed by atoms with Gasteiger partial charge in [0.2, 0.25) is 0 Å². The standard InChI is InChI=1S/C14H24N2O/c1-5-17-13-8-6-7-12(11-13)15-9-10-16-14(2,3)4/h6-8,11,15-16H,5,9-10H2,1-4H3. The Morgan fingerprint density at radius 2 is 1.94 bits per heavy atom. The highest BCUT2D eigenvalue weighted by Gasteiger charge is 2.06. The largest absolute Gasteiger partial charge is 0.494 e. The maximum atomic E-state index is 5.45. The minimum absolute atomic E-state index is 0.175. The lowest BCUT2D eigenvalue weighted by atomic mass is 10.1. The third kappa shape index (κ3) is 6.17. The lowest BCUT2D eigenvalue weighted by Gasteiger charge is -2.20. The van der Waals surface area contributed by atoms with Gasteiger partial charge in [0.25, 0.3) is 0 Å². The van der Waals surface area contributed by atoms with Crippen molar-refractivity contribution in [3.05, 3.63) is 24.3 Å². The molecule has 2 N–H and O–H groups in total. The first-order chi connectivity index (χ1) is 8.01. The van der Waals surface area contributed by atoms with Gasteiger partial charge in [0, 0.05) is 30.4 Å². The molecule has 0 aliphatic rings. The summed E-state index contributed by atoms with van der Waals surface area (Å²) in [6, 6.07) is 8.06. The molecule has 0 bridgehead atoms. The van der Waals surface area contributed by atoms with E-state index in [2.05, 4.69) is 37.5 Å². The molecule has 0 aromatic heterocycles. The Hall–Kier alpha value is -1.22. The van der Waals surface area contributed by atoms with Crippen LogP contribution in [-0.2, 0) is 0 Å². The Kier molecular flexibility index (Phi) is 5.29. The Balaban J connectivity index is 2.34. The van der Waals surface area contributed by atoms with Crippen molar-refractivity contribution >= 4 is 5.69 Å². The summed E-state index contributed by atoms with van der Waals surface area (Å²) < 4.78 is 5.45. The van der Waals surface area contributed by atoms with Gasteiger partial charge in [0.15, 0.2) is 0 Å². The van der Waals surface area contributed by atoms with E-state index in [0.29, 0.717) is 6.61 Å². The highest BCUT2D eigenvalue weighted by atomic mass is 16.5. The van der Waals surface area contributed by atoms with Crippen LogP contribution in [0.15, 0.2) is 24.3 Å². The molecule has 96 valence electrons. The smallest absolute Gasteiger partial charge is 0.121 e. The van der Waals surface area contributed by atoms with E-state index >= 15 is 0 Å². The van der Waals surface area contributed by atoms with Crippen LogP contribution < -0.4 is 15.4 Å². The van der Waals surface area contributed by atoms with Crippen LogP contribution in [0.1, 0.15) is 27.7 Å². The molecule has 3 nitrogen and oxygen atoms in total. The summed E-state index contributed by atoms with van der Waals surface area (Å²) in [7, 11) is 0. The van der Waals surface area contributed by atoms with Gasteiger partial charge in [-0.05, 0) is 39.8 Å². The van der Waals surface area contributed by atoms with Crippen LogP contribution >= 0.6 is 0 Å². The second-order valence-electron chi connectivity index (χ2n) is 5.06. The molecule has 17 heavy (non-hydrogen) atoms. The molecular formula is C14H24N2O. The van der Waals surface area contributed by atoms with Crippen LogP contribution in [0.2, 0.25) is 0 Å². The second kappa shape index (κ2) is 6.50.